The van der Waals surface area contributed by atoms with Gasteiger partial charge in [0.15, 0.2) is 0 Å². The SMILES string of the molecule is Cc1nc2ccccc2c2c(C#N)cnn12. The van der Waals surface area contributed by atoms with Gasteiger partial charge in [-0.15, -0.1) is 0 Å². The fourth-order valence-electron chi connectivity index (χ4n) is 1.93. The van der Waals surface area contributed by atoms with Crippen molar-refractivity contribution < 1.29 is 0 Å². The molecule has 2 heterocycles. The van der Waals surface area contributed by atoms with Gasteiger partial charge >= 0.3 is 0 Å². The molecule has 3 aromatic rings. The van der Waals surface area contributed by atoms with Crippen LogP contribution in [0.2, 0.25) is 0 Å². The highest BCUT2D eigenvalue weighted by molar-refractivity contribution is 5.96. The van der Waals surface area contributed by atoms with Crippen molar-refractivity contribution in [2.75, 3.05) is 0 Å². The molecule has 0 N–H and O–H groups in total. The summed E-state index contributed by atoms with van der Waals surface area (Å²) in [6, 6.07) is 9.93. The molecular weight excluding hydrogens is 200 g/mol. The van der Waals surface area contributed by atoms with Crippen molar-refractivity contribution >= 4 is 16.4 Å². The molecule has 0 aliphatic carbocycles. The smallest absolute Gasteiger partial charge is 0.128 e. The number of aryl methyl sites for hydroxylation is 1. The molecule has 76 valence electrons. The molecule has 0 aliphatic rings. The van der Waals surface area contributed by atoms with Crippen molar-refractivity contribution in [1.29, 1.82) is 5.26 Å². The highest BCUT2D eigenvalue weighted by Gasteiger charge is 2.10. The van der Waals surface area contributed by atoms with Crippen molar-refractivity contribution in [2.45, 2.75) is 6.92 Å². The van der Waals surface area contributed by atoms with Crippen molar-refractivity contribution in [1.82, 2.24) is 14.6 Å². The van der Waals surface area contributed by atoms with Gasteiger partial charge in [-0.25, -0.2) is 9.50 Å². The lowest BCUT2D eigenvalue weighted by Gasteiger charge is -2.03. The topological polar surface area (TPSA) is 54.0 Å². The fourth-order valence-corrected chi connectivity index (χ4v) is 1.93. The van der Waals surface area contributed by atoms with Gasteiger partial charge in [-0.05, 0) is 13.0 Å². The molecule has 0 atom stereocenters. The van der Waals surface area contributed by atoms with E-state index in [4.69, 9.17) is 5.26 Å². The highest BCUT2D eigenvalue weighted by atomic mass is 15.2. The number of aromatic nitrogens is 3. The van der Waals surface area contributed by atoms with Gasteiger partial charge in [-0.2, -0.15) is 10.4 Å². The maximum Gasteiger partial charge on any atom is 0.128 e. The molecule has 0 aliphatic heterocycles. The van der Waals surface area contributed by atoms with E-state index in [2.05, 4.69) is 16.2 Å². The van der Waals surface area contributed by atoms with Crippen LogP contribution in [0.3, 0.4) is 0 Å². The number of hydrogen-bond acceptors (Lipinski definition) is 3. The summed E-state index contributed by atoms with van der Waals surface area (Å²) in [5.74, 6) is 0.787. The van der Waals surface area contributed by atoms with Crippen LogP contribution in [0.25, 0.3) is 16.4 Å². The van der Waals surface area contributed by atoms with E-state index in [1.165, 1.54) is 0 Å². The van der Waals surface area contributed by atoms with E-state index in [1.807, 2.05) is 31.2 Å². The van der Waals surface area contributed by atoms with Crippen LogP contribution in [0.4, 0.5) is 0 Å². The molecule has 1 aromatic carbocycles. The van der Waals surface area contributed by atoms with Gasteiger partial charge in [0.05, 0.1) is 22.8 Å². The van der Waals surface area contributed by atoms with Gasteiger partial charge in [0, 0.05) is 5.39 Å². The molecule has 0 radical (unpaired) electrons. The van der Waals surface area contributed by atoms with E-state index in [1.54, 1.807) is 10.7 Å². The third-order valence-corrected chi connectivity index (χ3v) is 2.64. The lowest BCUT2D eigenvalue weighted by molar-refractivity contribution is 0.877. The molecule has 4 nitrogen and oxygen atoms in total. The van der Waals surface area contributed by atoms with E-state index < -0.39 is 0 Å². The summed E-state index contributed by atoms with van der Waals surface area (Å²) < 4.78 is 1.71. The molecule has 0 fully saturated rings. The molecule has 0 saturated heterocycles. The number of nitriles is 1. The number of fused-ring (bicyclic) bond motifs is 3. The van der Waals surface area contributed by atoms with Crippen molar-refractivity contribution in [2.24, 2.45) is 0 Å². The quantitative estimate of drug-likeness (QED) is 0.568. The third kappa shape index (κ3) is 1.03. The summed E-state index contributed by atoms with van der Waals surface area (Å²) in [4.78, 5) is 4.44. The average molecular weight is 208 g/mol. The van der Waals surface area contributed by atoms with E-state index in [-0.39, 0.29) is 0 Å². The molecule has 4 heteroatoms. The third-order valence-electron chi connectivity index (χ3n) is 2.64. The molecule has 0 amide bonds. The Bertz CT molecular complexity index is 734. The first-order valence-electron chi connectivity index (χ1n) is 4.94. The van der Waals surface area contributed by atoms with Crippen molar-refractivity contribution in [3.63, 3.8) is 0 Å². The van der Waals surface area contributed by atoms with Crippen LogP contribution >= 0.6 is 0 Å². The monoisotopic (exact) mass is 208 g/mol. The van der Waals surface area contributed by atoms with Gasteiger partial charge in [0.25, 0.3) is 0 Å². The van der Waals surface area contributed by atoms with Gasteiger partial charge in [-0.3, -0.25) is 0 Å². The number of hydrogen-bond donors (Lipinski definition) is 0. The lowest BCUT2D eigenvalue weighted by Crippen LogP contribution is -1.98. The van der Waals surface area contributed by atoms with Crippen molar-refractivity contribution in [3.8, 4) is 6.07 Å². The molecule has 2 aromatic heterocycles. The summed E-state index contributed by atoms with van der Waals surface area (Å²) in [6.07, 6.45) is 1.58. The second kappa shape index (κ2) is 3.04. The van der Waals surface area contributed by atoms with Gasteiger partial charge in [0.2, 0.25) is 0 Å². The maximum absolute atomic E-state index is 9.05. The molecular formula is C12H8N4. The minimum Gasteiger partial charge on any atom is -0.233 e. The van der Waals surface area contributed by atoms with Crippen LogP contribution in [0.1, 0.15) is 11.4 Å². The molecule has 0 spiro atoms. The van der Waals surface area contributed by atoms with Gasteiger partial charge < -0.3 is 0 Å². The Morgan fingerprint density at radius 3 is 2.94 bits per heavy atom. The first-order chi connectivity index (χ1) is 7.81. The zero-order valence-corrected chi connectivity index (χ0v) is 8.68. The summed E-state index contributed by atoms with van der Waals surface area (Å²) in [6.45, 7) is 1.88. The minimum absolute atomic E-state index is 0.585. The molecule has 0 unspecified atom stereocenters. The first-order valence-corrected chi connectivity index (χ1v) is 4.94. The summed E-state index contributed by atoms with van der Waals surface area (Å²) in [5.41, 5.74) is 2.32. The summed E-state index contributed by atoms with van der Waals surface area (Å²) in [7, 11) is 0. The predicted molar refractivity (Wildman–Crippen MR) is 59.9 cm³/mol. The number of nitrogens with zero attached hydrogens (tertiary/aromatic N) is 4. The van der Waals surface area contributed by atoms with E-state index in [9.17, 15) is 0 Å². The highest BCUT2D eigenvalue weighted by Crippen LogP contribution is 2.21. The lowest BCUT2D eigenvalue weighted by atomic mass is 10.1. The number of rotatable bonds is 0. The molecule has 0 saturated carbocycles. The maximum atomic E-state index is 9.05. The Balaban J connectivity index is 2.66. The predicted octanol–water partition coefficient (Wildman–Crippen LogP) is 2.06. The Labute approximate surface area is 91.8 Å². The Morgan fingerprint density at radius 2 is 2.12 bits per heavy atom. The average Bonchev–Trinajstić information content (AvgIpc) is 2.74. The molecule has 3 rings (SSSR count). The van der Waals surface area contributed by atoms with Crippen LogP contribution in [-0.4, -0.2) is 14.6 Å². The minimum atomic E-state index is 0.585. The second-order valence-corrected chi connectivity index (χ2v) is 3.61. The van der Waals surface area contributed by atoms with Crippen LogP contribution in [-0.2, 0) is 0 Å². The van der Waals surface area contributed by atoms with Crippen LogP contribution in [0.15, 0.2) is 30.5 Å². The Morgan fingerprint density at radius 1 is 1.31 bits per heavy atom. The Hall–Kier alpha value is -2.41. The van der Waals surface area contributed by atoms with E-state index in [0.717, 1.165) is 22.2 Å². The van der Waals surface area contributed by atoms with E-state index in [0.29, 0.717) is 5.56 Å². The van der Waals surface area contributed by atoms with Gasteiger partial charge in [0.1, 0.15) is 11.9 Å². The molecule has 0 bridgehead atoms. The van der Waals surface area contributed by atoms with E-state index >= 15 is 0 Å². The normalized spacial score (nSPS) is 10.8. The van der Waals surface area contributed by atoms with Crippen molar-refractivity contribution in [3.05, 3.63) is 41.9 Å². The number of para-hydroxylation sites is 1. The Kier molecular flexibility index (Phi) is 1.68. The van der Waals surface area contributed by atoms with Crippen LogP contribution in [0, 0.1) is 18.3 Å². The number of benzene rings is 1. The van der Waals surface area contributed by atoms with Crippen LogP contribution in [0.5, 0.6) is 0 Å². The van der Waals surface area contributed by atoms with Gasteiger partial charge in [-0.1, -0.05) is 18.2 Å². The fraction of sp³-hybridized carbons (Fsp3) is 0.0833. The summed E-state index contributed by atoms with van der Waals surface area (Å²) >= 11 is 0. The zero-order valence-electron chi connectivity index (χ0n) is 8.68. The zero-order chi connectivity index (χ0) is 11.1. The molecule has 16 heavy (non-hydrogen) atoms. The van der Waals surface area contributed by atoms with Crippen LogP contribution < -0.4 is 0 Å². The largest absolute Gasteiger partial charge is 0.233 e. The second-order valence-electron chi connectivity index (χ2n) is 3.61. The summed E-state index contributed by atoms with van der Waals surface area (Å²) in [5, 5.41) is 14.2. The first kappa shape index (κ1) is 8.86. The standard InChI is InChI=1S/C12H8N4/c1-8-15-11-5-3-2-4-10(11)12-9(6-13)7-14-16(8)12/h2-5,7H,1H3.